The molecule has 2 aromatic rings. The molecule has 19 heavy (non-hydrogen) atoms. The van der Waals surface area contributed by atoms with Gasteiger partial charge in [0.25, 0.3) is 5.69 Å². The highest BCUT2D eigenvalue weighted by atomic mass is 16.6. The minimum Gasteiger partial charge on any atom is -0.508 e. The molecule has 1 N–H and O–H groups in total. The van der Waals surface area contributed by atoms with E-state index in [2.05, 4.69) is 4.98 Å². The Morgan fingerprint density at radius 2 is 2.05 bits per heavy atom. The van der Waals surface area contributed by atoms with Gasteiger partial charge in [-0.1, -0.05) is 0 Å². The summed E-state index contributed by atoms with van der Waals surface area (Å²) in [5.74, 6) is 0.402. The molecule has 7 heteroatoms. The number of nitrogens with zero attached hydrogens (tertiary/aromatic N) is 3. The Labute approximate surface area is 107 Å². The summed E-state index contributed by atoms with van der Waals surface area (Å²) in [7, 11) is 0. The van der Waals surface area contributed by atoms with E-state index >= 15 is 0 Å². The molecule has 1 heterocycles. The van der Waals surface area contributed by atoms with Gasteiger partial charge in [-0.25, -0.2) is 4.98 Å². The van der Waals surface area contributed by atoms with Crippen molar-refractivity contribution >= 4 is 5.69 Å². The van der Waals surface area contributed by atoms with E-state index in [4.69, 9.17) is 15.1 Å². The first-order valence-corrected chi connectivity index (χ1v) is 5.11. The molecule has 94 valence electrons. The number of aromatic hydroxyl groups is 1. The van der Waals surface area contributed by atoms with Crippen LogP contribution in [0.3, 0.4) is 0 Å². The summed E-state index contributed by atoms with van der Waals surface area (Å²) in [6, 6.07) is 8.66. The number of pyridine rings is 1. The van der Waals surface area contributed by atoms with Gasteiger partial charge >= 0.3 is 0 Å². The van der Waals surface area contributed by atoms with Gasteiger partial charge in [0, 0.05) is 6.07 Å². The average Bonchev–Trinajstić information content (AvgIpc) is 2.41. The maximum absolute atomic E-state index is 10.6. The highest BCUT2D eigenvalue weighted by molar-refractivity contribution is 5.46. The number of nitriles is 1. The maximum atomic E-state index is 10.6. The van der Waals surface area contributed by atoms with Crippen LogP contribution in [0.25, 0.3) is 0 Å². The first-order valence-electron chi connectivity index (χ1n) is 5.11. The first kappa shape index (κ1) is 12.3. The van der Waals surface area contributed by atoms with E-state index in [0.29, 0.717) is 5.75 Å². The summed E-state index contributed by atoms with van der Waals surface area (Å²) < 4.78 is 5.32. The molecule has 1 aromatic heterocycles. The van der Waals surface area contributed by atoms with Gasteiger partial charge in [-0.3, -0.25) is 10.1 Å². The van der Waals surface area contributed by atoms with Gasteiger partial charge in [0.15, 0.2) is 0 Å². The Kier molecular flexibility index (Phi) is 3.25. The molecule has 0 aliphatic carbocycles. The fourth-order valence-corrected chi connectivity index (χ4v) is 1.33. The van der Waals surface area contributed by atoms with Crippen molar-refractivity contribution in [3.63, 3.8) is 0 Å². The zero-order valence-corrected chi connectivity index (χ0v) is 9.48. The molecule has 0 bridgehead atoms. The third-order valence-corrected chi connectivity index (χ3v) is 2.22. The van der Waals surface area contributed by atoms with E-state index in [1.165, 1.54) is 24.3 Å². The zero-order valence-electron chi connectivity index (χ0n) is 9.48. The van der Waals surface area contributed by atoms with Crippen LogP contribution in [-0.4, -0.2) is 15.0 Å². The molecular formula is C12H7N3O4. The van der Waals surface area contributed by atoms with Crippen LogP contribution in [0.4, 0.5) is 5.69 Å². The average molecular weight is 257 g/mol. The topological polar surface area (TPSA) is 109 Å². The largest absolute Gasteiger partial charge is 0.508 e. The molecule has 1 aromatic carbocycles. The van der Waals surface area contributed by atoms with E-state index in [0.717, 1.165) is 12.3 Å². The number of ether oxygens (including phenoxy) is 1. The van der Waals surface area contributed by atoms with Crippen molar-refractivity contribution in [3.05, 3.63) is 52.2 Å². The van der Waals surface area contributed by atoms with Gasteiger partial charge < -0.3 is 9.84 Å². The van der Waals surface area contributed by atoms with Crippen LogP contribution in [0.15, 0.2) is 36.5 Å². The molecule has 0 fully saturated rings. The SMILES string of the molecule is N#Cc1cc([N+](=O)[O-])cnc1Oc1ccc(O)cc1. The lowest BCUT2D eigenvalue weighted by molar-refractivity contribution is -0.385. The van der Waals surface area contributed by atoms with Gasteiger partial charge in [0.2, 0.25) is 5.88 Å². The van der Waals surface area contributed by atoms with Crippen LogP contribution in [0, 0.1) is 21.4 Å². The molecule has 2 rings (SSSR count). The van der Waals surface area contributed by atoms with Gasteiger partial charge in [-0.15, -0.1) is 0 Å². The van der Waals surface area contributed by atoms with E-state index < -0.39 is 4.92 Å². The number of rotatable bonds is 3. The molecular weight excluding hydrogens is 250 g/mol. The normalized spacial score (nSPS) is 9.63. The number of benzene rings is 1. The Balaban J connectivity index is 2.33. The van der Waals surface area contributed by atoms with E-state index in [1.54, 1.807) is 6.07 Å². The second kappa shape index (κ2) is 5.01. The Morgan fingerprint density at radius 3 is 2.63 bits per heavy atom. The summed E-state index contributed by atoms with van der Waals surface area (Å²) in [5.41, 5.74) is -0.322. The van der Waals surface area contributed by atoms with Crippen LogP contribution in [0.5, 0.6) is 17.4 Å². The summed E-state index contributed by atoms with van der Waals surface area (Å²) >= 11 is 0. The van der Waals surface area contributed by atoms with Gasteiger partial charge in [-0.2, -0.15) is 5.26 Å². The van der Waals surface area contributed by atoms with E-state index in [1.807, 2.05) is 0 Å². The molecule has 0 unspecified atom stereocenters. The van der Waals surface area contributed by atoms with Crippen LogP contribution in [-0.2, 0) is 0 Å². The van der Waals surface area contributed by atoms with Crippen LogP contribution in [0.1, 0.15) is 5.56 Å². The number of phenols is 1. The minimum absolute atomic E-state index is 0.0289. The quantitative estimate of drug-likeness (QED) is 0.667. The molecule has 0 atom stereocenters. The fourth-order valence-electron chi connectivity index (χ4n) is 1.33. The van der Waals surface area contributed by atoms with Crippen molar-refractivity contribution in [1.29, 1.82) is 5.26 Å². The highest BCUT2D eigenvalue weighted by Gasteiger charge is 2.13. The third-order valence-electron chi connectivity index (χ3n) is 2.22. The number of nitro groups is 1. The van der Waals surface area contributed by atoms with Crippen molar-refractivity contribution in [2.24, 2.45) is 0 Å². The lowest BCUT2D eigenvalue weighted by Gasteiger charge is -2.05. The summed E-state index contributed by atoms with van der Waals surface area (Å²) in [6.07, 6.45) is 1.01. The van der Waals surface area contributed by atoms with Gasteiger partial charge in [-0.05, 0) is 24.3 Å². The van der Waals surface area contributed by atoms with Crippen molar-refractivity contribution in [2.75, 3.05) is 0 Å². The zero-order chi connectivity index (χ0) is 13.8. The summed E-state index contributed by atoms with van der Waals surface area (Å²) in [5, 5.41) is 28.6. The molecule has 7 nitrogen and oxygen atoms in total. The Bertz CT molecular complexity index is 662. The predicted molar refractivity (Wildman–Crippen MR) is 63.8 cm³/mol. The predicted octanol–water partition coefficient (Wildman–Crippen LogP) is 2.36. The van der Waals surface area contributed by atoms with E-state index in [9.17, 15) is 10.1 Å². The molecule has 0 spiro atoms. The van der Waals surface area contributed by atoms with Crippen LogP contribution in [0.2, 0.25) is 0 Å². The second-order valence-corrected chi connectivity index (χ2v) is 3.51. The van der Waals surface area contributed by atoms with Crippen LogP contribution >= 0.6 is 0 Å². The maximum Gasteiger partial charge on any atom is 0.289 e. The van der Waals surface area contributed by atoms with Crippen molar-refractivity contribution in [1.82, 2.24) is 4.98 Å². The number of hydrogen-bond donors (Lipinski definition) is 1. The molecule has 0 saturated heterocycles. The molecule has 0 aliphatic rings. The first-order chi connectivity index (χ1) is 9.10. The van der Waals surface area contributed by atoms with Gasteiger partial charge in [0.05, 0.1) is 4.92 Å². The summed E-state index contributed by atoms with van der Waals surface area (Å²) in [6.45, 7) is 0. The second-order valence-electron chi connectivity index (χ2n) is 3.51. The number of aromatic nitrogens is 1. The van der Waals surface area contributed by atoms with Crippen molar-refractivity contribution in [3.8, 4) is 23.4 Å². The Morgan fingerprint density at radius 1 is 1.37 bits per heavy atom. The number of phenolic OH excluding ortho intramolecular Hbond substituents is 1. The van der Waals surface area contributed by atoms with Gasteiger partial charge in [0.1, 0.15) is 29.3 Å². The van der Waals surface area contributed by atoms with Crippen molar-refractivity contribution in [2.45, 2.75) is 0 Å². The van der Waals surface area contributed by atoms with Crippen LogP contribution < -0.4 is 4.74 Å². The lowest BCUT2D eigenvalue weighted by atomic mass is 10.2. The van der Waals surface area contributed by atoms with Crippen molar-refractivity contribution < 1.29 is 14.8 Å². The molecule has 0 saturated carbocycles. The monoisotopic (exact) mass is 257 g/mol. The number of hydrogen-bond acceptors (Lipinski definition) is 6. The fraction of sp³-hybridized carbons (Fsp3) is 0. The third kappa shape index (κ3) is 2.76. The minimum atomic E-state index is -0.641. The highest BCUT2D eigenvalue weighted by Crippen LogP contribution is 2.26. The Hall–Kier alpha value is -3.14. The smallest absolute Gasteiger partial charge is 0.289 e. The van der Waals surface area contributed by atoms with E-state index in [-0.39, 0.29) is 22.9 Å². The summed E-state index contributed by atoms with van der Waals surface area (Å²) in [4.78, 5) is 13.7. The lowest BCUT2D eigenvalue weighted by Crippen LogP contribution is -1.95. The standard InChI is InChI=1S/C12H7N3O4/c13-6-8-5-9(15(17)18)7-14-12(8)19-11-3-1-10(16)2-4-11/h1-5,7,16H. The molecule has 0 radical (unpaired) electrons. The molecule has 0 amide bonds. The molecule has 0 aliphatic heterocycles.